The number of aromatic hydroxyl groups is 1. The number of aryl methyl sites for hydroxylation is 1. The van der Waals surface area contributed by atoms with Gasteiger partial charge in [-0.05, 0) is 54.4 Å². The second kappa shape index (κ2) is 7.00. The number of ether oxygens (including phenoxy) is 1. The van der Waals surface area contributed by atoms with E-state index in [0.29, 0.717) is 11.5 Å². The van der Waals surface area contributed by atoms with Crippen molar-refractivity contribution in [3.05, 3.63) is 88.2 Å². The van der Waals surface area contributed by atoms with Crippen molar-refractivity contribution in [1.82, 2.24) is 10.2 Å². The molecule has 2 N–H and O–H groups in total. The van der Waals surface area contributed by atoms with Gasteiger partial charge < -0.3 is 9.84 Å². The van der Waals surface area contributed by atoms with Crippen LogP contribution < -0.4 is 4.74 Å². The molecular formula is C21H15FN4O2. The quantitative estimate of drug-likeness (QED) is 0.679. The van der Waals surface area contributed by atoms with E-state index in [1.54, 1.807) is 42.6 Å². The molecule has 4 rings (SSSR count). The third-order valence-electron chi connectivity index (χ3n) is 4.51. The fourth-order valence-corrected chi connectivity index (χ4v) is 3.14. The molecule has 7 heteroatoms. The predicted octanol–water partition coefficient (Wildman–Crippen LogP) is 3.94. The molecule has 0 saturated carbocycles. The number of nitrogens with one attached hydrogen (secondary N) is 1. The predicted molar refractivity (Wildman–Crippen MR) is 101 cm³/mol. The summed E-state index contributed by atoms with van der Waals surface area (Å²) in [5.41, 5.74) is 3.27. The third kappa shape index (κ3) is 3.12. The summed E-state index contributed by atoms with van der Waals surface area (Å²) in [6.45, 7) is 1.84. The zero-order valence-corrected chi connectivity index (χ0v) is 14.8. The molecule has 138 valence electrons. The first kappa shape index (κ1) is 17.5. The smallest absolute Gasteiger partial charge is 0.244 e. The second-order valence-electron chi connectivity index (χ2n) is 6.33. The van der Waals surface area contributed by atoms with Crippen molar-refractivity contribution >= 4 is 6.21 Å². The Hall–Kier alpha value is -3.92. The highest BCUT2D eigenvalue weighted by atomic mass is 19.1. The van der Waals surface area contributed by atoms with Crippen LogP contribution >= 0.6 is 0 Å². The van der Waals surface area contributed by atoms with Gasteiger partial charge in [-0.2, -0.15) is 5.26 Å². The number of rotatable bonds is 3. The maximum Gasteiger partial charge on any atom is 0.244 e. The Balaban J connectivity index is 1.81. The average Bonchev–Trinajstić information content (AvgIpc) is 3.07. The van der Waals surface area contributed by atoms with Crippen molar-refractivity contribution in [2.75, 3.05) is 0 Å². The van der Waals surface area contributed by atoms with Crippen LogP contribution in [0.15, 0.2) is 65.0 Å². The van der Waals surface area contributed by atoms with Crippen LogP contribution in [0.2, 0.25) is 0 Å². The number of H-pyrrole nitrogens is 1. The van der Waals surface area contributed by atoms with E-state index in [2.05, 4.69) is 21.3 Å². The highest BCUT2D eigenvalue weighted by molar-refractivity contribution is 5.80. The number of hydrogen-bond donors (Lipinski definition) is 2. The van der Waals surface area contributed by atoms with Gasteiger partial charge in [-0.25, -0.2) is 9.38 Å². The van der Waals surface area contributed by atoms with E-state index in [-0.39, 0.29) is 17.4 Å². The number of nitrogens with zero attached hydrogens (tertiary/aromatic N) is 3. The summed E-state index contributed by atoms with van der Waals surface area (Å²) in [6.07, 6.45) is 1.54. The van der Waals surface area contributed by atoms with Crippen molar-refractivity contribution in [2.24, 2.45) is 4.99 Å². The van der Waals surface area contributed by atoms with E-state index < -0.39 is 5.92 Å². The number of benzene rings is 2. The van der Waals surface area contributed by atoms with Crippen LogP contribution in [0, 0.1) is 24.1 Å². The van der Waals surface area contributed by atoms with Gasteiger partial charge in [0.1, 0.15) is 23.2 Å². The van der Waals surface area contributed by atoms with E-state index in [4.69, 9.17) is 4.74 Å². The standard InChI is InChI=1S/C21H15FN4O2/c1-12-18-19(14-4-6-15(22)7-5-14)17(10-23)20(28-21(18)26-25-12)24-11-13-2-8-16(27)9-3-13/h2-9,11,19,27H,1H3,(H,25,26)/b24-11+. The summed E-state index contributed by atoms with van der Waals surface area (Å²) in [7, 11) is 0. The SMILES string of the molecule is Cc1[nH]nc2c1C(c1ccc(F)cc1)C(C#N)=C(/N=C/c1ccc(O)cc1)O2. The average molecular weight is 374 g/mol. The summed E-state index contributed by atoms with van der Waals surface area (Å²) in [5, 5.41) is 26.3. The fraction of sp³-hybridized carbons (Fsp3) is 0.0952. The number of aromatic amines is 1. The molecule has 1 aliphatic rings. The molecule has 0 amide bonds. The third-order valence-corrected chi connectivity index (χ3v) is 4.51. The maximum absolute atomic E-state index is 13.4. The molecule has 6 nitrogen and oxygen atoms in total. The molecule has 2 heterocycles. The van der Waals surface area contributed by atoms with Gasteiger partial charge >= 0.3 is 0 Å². The van der Waals surface area contributed by atoms with Crippen LogP contribution in [-0.4, -0.2) is 21.5 Å². The minimum Gasteiger partial charge on any atom is -0.508 e. The minimum atomic E-state index is -0.472. The molecule has 0 spiro atoms. The zero-order chi connectivity index (χ0) is 19.7. The minimum absolute atomic E-state index is 0.129. The largest absolute Gasteiger partial charge is 0.508 e. The summed E-state index contributed by atoms with van der Waals surface area (Å²) >= 11 is 0. The number of hydrogen-bond acceptors (Lipinski definition) is 5. The van der Waals surface area contributed by atoms with Crippen LogP contribution in [-0.2, 0) is 0 Å². The first-order chi connectivity index (χ1) is 13.6. The van der Waals surface area contributed by atoms with E-state index in [0.717, 1.165) is 22.4 Å². The van der Waals surface area contributed by atoms with Crippen LogP contribution in [0.3, 0.4) is 0 Å². The Morgan fingerprint density at radius 2 is 1.93 bits per heavy atom. The van der Waals surface area contributed by atoms with Gasteiger partial charge in [0.15, 0.2) is 0 Å². The number of nitriles is 1. The first-order valence-corrected chi connectivity index (χ1v) is 8.52. The van der Waals surface area contributed by atoms with E-state index in [1.807, 2.05) is 6.92 Å². The Labute approximate surface area is 160 Å². The molecule has 0 bridgehead atoms. The number of aliphatic imine (C=N–C) groups is 1. The molecule has 2 aromatic carbocycles. The van der Waals surface area contributed by atoms with Crippen LogP contribution in [0.25, 0.3) is 0 Å². The van der Waals surface area contributed by atoms with Gasteiger partial charge in [-0.3, -0.25) is 5.10 Å². The van der Waals surface area contributed by atoms with Gasteiger partial charge in [0.2, 0.25) is 11.8 Å². The van der Waals surface area contributed by atoms with Crippen molar-refractivity contribution < 1.29 is 14.2 Å². The van der Waals surface area contributed by atoms with E-state index in [1.165, 1.54) is 12.1 Å². The fourth-order valence-electron chi connectivity index (χ4n) is 3.14. The van der Waals surface area contributed by atoms with Crippen molar-refractivity contribution in [3.63, 3.8) is 0 Å². The monoisotopic (exact) mass is 374 g/mol. The highest BCUT2D eigenvalue weighted by Gasteiger charge is 2.35. The second-order valence-corrected chi connectivity index (χ2v) is 6.33. The molecule has 3 aromatic rings. The van der Waals surface area contributed by atoms with Gasteiger partial charge in [-0.15, -0.1) is 5.10 Å². The lowest BCUT2D eigenvalue weighted by atomic mass is 9.84. The molecule has 1 unspecified atom stereocenters. The zero-order valence-electron chi connectivity index (χ0n) is 14.8. The number of phenolic OH excluding ortho intramolecular Hbond substituents is 1. The van der Waals surface area contributed by atoms with Gasteiger partial charge in [0, 0.05) is 17.5 Å². The van der Waals surface area contributed by atoms with Crippen LogP contribution in [0.5, 0.6) is 11.6 Å². The molecule has 0 saturated heterocycles. The Bertz CT molecular complexity index is 1120. The molecule has 28 heavy (non-hydrogen) atoms. The highest BCUT2D eigenvalue weighted by Crippen LogP contribution is 2.43. The van der Waals surface area contributed by atoms with E-state index in [9.17, 15) is 14.8 Å². The van der Waals surface area contributed by atoms with Gasteiger partial charge in [0.05, 0.1) is 5.92 Å². The topological polar surface area (TPSA) is 94.3 Å². The van der Waals surface area contributed by atoms with Crippen molar-refractivity contribution in [1.29, 1.82) is 5.26 Å². The molecule has 1 aromatic heterocycles. The molecule has 0 aliphatic carbocycles. The summed E-state index contributed by atoms with van der Waals surface area (Å²) in [4.78, 5) is 4.34. The molecule has 0 radical (unpaired) electrons. The summed E-state index contributed by atoms with van der Waals surface area (Å²) in [6, 6.07) is 14.6. The first-order valence-electron chi connectivity index (χ1n) is 8.52. The van der Waals surface area contributed by atoms with Crippen molar-refractivity contribution in [3.8, 4) is 17.7 Å². The molecule has 1 aliphatic heterocycles. The van der Waals surface area contributed by atoms with Crippen molar-refractivity contribution in [2.45, 2.75) is 12.8 Å². The van der Waals surface area contributed by atoms with Crippen LogP contribution in [0.4, 0.5) is 4.39 Å². The maximum atomic E-state index is 13.4. The molecule has 0 fully saturated rings. The lowest BCUT2D eigenvalue weighted by Crippen LogP contribution is -2.15. The lowest BCUT2D eigenvalue weighted by molar-refractivity contribution is 0.380. The Morgan fingerprint density at radius 3 is 2.61 bits per heavy atom. The molecule has 1 atom stereocenters. The normalized spacial score (nSPS) is 16.0. The number of allylic oxidation sites excluding steroid dienone is 1. The number of fused-ring (bicyclic) bond motifs is 1. The summed E-state index contributed by atoms with van der Waals surface area (Å²) < 4.78 is 19.2. The number of phenols is 1. The lowest BCUT2D eigenvalue weighted by Gasteiger charge is -2.23. The van der Waals surface area contributed by atoms with Gasteiger partial charge in [-0.1, -0.05) is 12.1 Å². The van der Waals surface area contributed by atoms with Crippen LogP contribution in [0.1, 0.15) is 28.3 Å². The van der Waals surface area contributed by atoms with Gasteiger partial charge in [0.25, 0.3) is 0 Å². The Morgan fingerprint density at radius 1 is 1.21 bits per heavy atom. The van der Waals surface area contributed by atoms with E-state index >= 15 is 0 Å². The Kier molecular flexibility index (Phi) is 4.38. The summed E-state index contributed by atoms with van der Waals surface area (Å²) in [5.74, 6) is -0.211. The number of halogens is 1. The molecular weight excluding hydrogens is 359 g/mol. The number of aromatic nitrogens is 2.